The van der Waals surface area contributed by atoms with Gasteiger partial charge in [0.15, 0.2) is 9.84 Å². The van der Waals surface area contributed by atoms with E-state index in [-0.39, 0.29) is 29.9 Å². The summed E-state index contributed by atoms with van der Waals surface area (Å²) < 4.78 is 22.2. The molecule has 1 saturated heterocycles. The highest BCUT2D eigenvalue weighted by Crippen LogP contribution is 2.33. The van der Waals surface area contributed by atoms with Crippen LogP contribution in [0.4, 0.5) is 0 Å². The zero-order chi connectivity index (χ0) is 11.9. The van der Waals surface area contributed by atoms with Crippen LogP contribution in [0.15, 0.2) is 0 Å². The molecule has 3 atom stereocenters. The lowest BCUT2D eigenvalue weighted by Crippen LogP contribution is -2.37. The molecule has 0 bridgehead atoms. The van der Waals surface area contributed by atoms with Gasteiger partial charge in [0.05, 0.1) is 11.5 Å². The van der Waals surface area contributed by atoms with Crippen LogP contribution in [0.1, 0.15) is 12.8 Å². The number of carbonyl (C=O) groups excluding carboxylic acids is 1. The van der Waals surface area contributed by atoms with E-state index in [1.807, 2.05) is 0 Å². The second-order valence-electron chi connectivity index (χ2n) is 4.30. The Balaban J connectivity index is 1.84. The summed E-state index contributed by atoms with van der Waals surface area (Å²) in [6, 6.07) is -1.15. The van der Waals surface area contributed by atoms with Crippen molar-refractivity contribution in [1.29, 1.82) is 0 Å². The van der Waals surface area contributed by atoms with Crippen molar-refractivity contribution in [3.05, 3.63) is 10.1 Å². The van der Waals surface area contributed by atoms with Crippen molar-refractivity contribution in [2.24, 2.45) is 5.92 Å². The first-order valence-corrected chi connectivity index (χ1v) is 6.85. The average Bonchev–Trinajstić information content (AvgIpc) is 2.87. The van der Waals surface area contributed by atoms with Crippen molar-refractivity contribution in [2.45, 2.75) is 24.9 Å². The standard InChI is InChI=1S/C8H12N2O5S/c11-8(6-3-7(6)10(12)13)9-5-1-2-16(14,15)4-5/h5-7H,1-4H2,(H,9,11)/t5-,6-,7-/m1/s1. The molecule has 2 aliphatic rings. The summed E-state index contributed by atoms with van der Waals surface area (Å²) in [6.45, 7) is 0. The summed E-state index contributed by atoms with van der Waals surface area (Å²) in [5, 5.41) is 12.9. The van der Waals surface area contributed by atoms with Gasteiger partial charge in [-0.3, -0.25) is 14.9 Å². The van der Waals surface area contributed by atoms with Crippen LogP contribution in [-0.4, -0.2) is 42.8 Å². The number of carbonyl (C=O) groups is 1. The van der Waals surface area contributed by atoms with Crippen molar-refractivity contribution < 1.29 is 18.1 Å². The van der Waals surface area contributed by atoms with Gasteiger partial charge in [-0.2, -0.15) is 0 Å². The van der Waals surface area contributed by atoms with Gasteiger partial charge in [-0.15, -0.1) is 0 Å². The largest absolute Gasteiger partial charge is 0.352 e. The van der Waals surface area contributed by atoms with Crippen LogP contribution in [-0.2, 0) is 14.6 Å². The molecule has 7 nitrogen and oxygen atoms in total. The van der Waals surface area contributed by atoms with Crippen LogP contribution in [0.25, 0.3) is 0 Å². The maximum absolute atomic E-state index is 11.5. The van der Waals surface area contributed by atoms with Crippen LogP contribution in [0, 0.1) is 16.0 Å². The van der Waals surface area contributed by atoms with Gasteiger partial charge in [0.1, 0.15) is 5.92 Å². The molecule has 0 radical (unpaired) electrons. The van der Waals surface area contributed by atoms with Gasteiger partial charge in [-0.1, -0.05) is 0 Å². The van der Waals surface area contributed by atoms with Crippen LogP contribution in [0.2, 0.25) is 0 Å². The quantitative estimate of drug-likeness (QED) is 0.507. The highest BCUT2D eigenvalue weighted by Gasteiger charge is 2.53. The van der Waals surface area contributed by atoms with Gasteiger partial charge in [0, 0.05) is 17.4 Å². The number of nitro groups is 1. The zero-order valence-electron chi connectivity index (χ0n) is 8.46. The van der Waals surface area contributed by atoms with Crippen molar-refractivity contribution in [2.75, 3.05) is 11.5 Å². The number of hydrogen-bond acceptors (Lipinski definition) is 5. The third-order valence-corrected chi connectivity index (χ3v) is 4.71. The van der Waals surface area contributed by atoms with Gasteiger partial charge in [-0.05, 0) is 6.42 Å². The molecule has 1 aliphatic heterocycles. The van der Waals surface area contributed by atoms with Gasteiger partial charge in [0.25, 0.3) is 0 Å². The first-order valence-electron chi connectivity index (χ1n) is 5.03. The van der Waals surface area contributed by atoms with Crippen molar-refractivity contribution in [3.8, 4) is 0 Å². The van der Waals surface area contributed by atoms with Gasteiger partial charge >= 0.3 is 0 Å². The van der Waals surface area contributed by atoms with Crippen molar-refractivity contribution in [1.82, 2.24) is 5.32 Å². The Morgan fingerprint density at radius 2 is 2.12 bits per heavy atom. The van der Waals surface area contributed by atoms with E-state index < -0.39 is 26.7 Å². The maximum Gasteiger partial charge on any atom is 0.230 e. The van der Waals surface area contributed by atoms with E-state index in [2.05, 4.69) is 5.32 Å². The lowest BCUT2D eigenvalue weighted by atomic mass is 10.2. The molecule has 1 heterocycles. The topological polar surface area (TPSA) is 106 Å². The number of nitrogens with zero attached hydrogens (tertiary/aromatic N) is 1. The summed E-state index contributed by atoms with van der Waals surface area (Å²) in [5.74, 6) is -0.919. The van der Waals surface area contributed by atoms with E-state index in [9.17, 15) is 23.3 Å². The summed E-state index contributed by atoms with van der Waals surface area (Å²) in [7, 11) is -3.02. The van der Waals surface area contributed by atoms with Crippen molar-refractivity contribution >= 4 is 15.7 Å². The van der Waals surface area contributed by atoms with Crippen LogP contribution >= 0.6 is 0 Å². The Hall–Kier alpha value is -1.18. The normalized spacial score (nSPS) is 35.6. The minimum absolute atomic E-state index is 0.0470. The SMILES string of the molecule is O=C(N[C@@H]1CCS(=O)(=O)C1)[C@@H]1C[C@H]1[N+](=O)[O-]. The first kappa shape index (κ1) is 11.3. The van der Waals surface area contributed by atoms with Crippen LogP contribution < -0.4 is 5.32 Å². The molecule has 0 aromatic heterocycles. The molecule has 2 fully saturated rings. The van der Waals surface area contributed by atoms with Crippen LogP contribution in [0.3, 0.4) is 0 Å². The number of hydrogen-bond donors (Lipinski definition) is 1. The predicted molar refractivity (Wildman–Crippen MR) is 54.1 cm³/mol. The lowest BCUT2D eigenvalue weighted by Gasteiger charge is -2.09. The summed E-state index contributed by atoms with van der Waals surface area (Å²) >= 11 is 0. The fraction of sp³-hybridized carbons (Fsp3) is 0.875. The molecule has 0 aromatic carbocycles. The minimum Gasteiger partial charge on any atom is -0.352 e. The Morgan fingerprint density at radius 1 is 1.44 bits per heavy atom. The van der Waals surface area contributed by atoms with Gasteiger partial charge in [0.2, 0.25) is 11.9 Å². The third-order valence-electron chi connectivity index (χ3n) is 2.94. The summed E-state index contributed by atoms with van der Waals surface area (Å²) in [6.07, 6.45) is 0.669. The maximum atomic E-state index is 11.5. The number of rotatable bonds is 3. The number of amides is 1. The van der Waals surface area contributed by atoms with E-state index in [0.717, 1.165) is 0 Å². The van der Waals surface area contributed by atoms with E-state index in [1.165, 1.54) is 0 Å². The second-order valence-corrected chi connectivity index (χ2v) is 6.53. The van der Waals surface area contributed by atoms with Crippen LogP contribution in [0.5, 0.6) is 0 Å². The van der Waals surface area contributed by atoms with Crippen molar-refractivity contribution in [3.63, 3.8) is 0 Å². The molecule has 0 aromatic rings. The van der Waals surface area contributed by atoms with E-state index >= 15 is 0 Å². The number of nitrogens with one attached hydrogen (secondary N) is 1. The fourth-order valence-electron chi connectivity index (χ4n) is 1.91. The monoisotopic (exact) mass is 248 g/mol. The molecule has 1 N–H and O–H groups in total. The number of sulfone groups is 1. The molecule has 0 unspecified atom stereocenters. The molecule has 90 valence electrons. The smallest absolute Gasteiger partial charge is 0.230 e. The zero-order valence-corrected chi connectivity index (χ0v) is 9.27. The highest BCUT2D eigenvalue weighted by atomic mass is 32.2. The molecule has 16 heavy (non-hydrogen) atoms. The summed E-state index contributed by atoms with van der Waals surface area (Å²) in [5.41, 5.74) is 0. The molecule has 0 spiro atoms. The molecule has 1 amide bonds. The minimum atomic E-state index is -3.02. The Kier molecular flexibility index (Phi) is 2.61. The molecular weight excluding hydrogens is 236 g/mol. The van der Waals surface area contributed by atoms with Gasteiger partial charge < -0.3 is 5.32 Å². The Labute approximate surface area is 92.3 Å². The Morgan fingerprint density at radius 3 is 2.56 bits per heavy atom. The molecule has 2 rings (SSSR count). The highest BCUT2D eigenvalue weighted by molar-refractivity contribution is 7.91. The van der Waals surface area contributed by atoms with E-state index in [4.69, 9.17) is 0 Å². The third kappa shape index (κ3) is 2.31. The molecule has 8 heteroatoms. The van der Waals surface area contributed by atoms with E-state index in [0.29, 0.717) is 6.42 Å². The average molecular weight is 248 g/mol. The summed E-state index contributed by atoms with van der Waals surface area (Å²) in [4.78, 5) is 21.4. The Bertz CT molecular complexity index is 432. The molecule has 1 aliphatic carbocycles. The molecular formula is C8H12N2O5S. The predicted octanol–water partition coefficient (Wildman–Crippen LogP) is -1.05. The first-order chi connectivity index (χ1) is 7.39. The fourth-order valence-corrected chi connectivity index (χ4v) is 3.59. The molecule has 1 saturated carbocycles. The second kappa shape index (κ2) is 3.69. The van der Waals surface area contributed by atoms with Gasteiger partial charge in [-0.25, -0.2) is 8.42 Å². The van der Waals surface area contributed by atoms with E-state index in [1.54, 1.807) is 0 Å². The lowest BCUT2D eigenvalue weighted by molar-refractivity contribution is -0.497.